The lowest BCUT2D eigenvalue weighted by Crippen LogP contribution is -2.42. The zero-order chi connectivity index (χ0) is 24.3. The number of benzene rings is 3. The summed E-state index contributed by atoms with van der Waals surface area (Å²) in [6, 6.07) is 19.1. The monoisotopic (exact) mass is 498 g/mol. The zero-order valence-electron chi connectivity index (χ0n) is 19.1. The van der Waals surface area contributed by atoms with E-state index in [-0.39, 0.29) is 16.6 Å². The highest BCUT2D eigenvalue weighted by Gasteiger charge is 2.31. The van der Waals surface area contributed by atoms with Gasteiger partial charge in [-0.25, -0.2) is 8.42 Å². The fourth-order valence-electron chi connectivity index (χ4n) is 4.27. The van der Waals surface area contributed by atoms with Gasteiger partial charge in [-0.05, 0) is 67.6 Å². The molecular formula is C26H27ClN2O4S. The van der Waals surface area contributed by atoms with Gasteiger partial charge in [0, 0.05) is 5.02 Å². The standard InChI is InChI=1S/C26H27ClN2O4S/c1-18-10-13-21(14-11-18)34(31,32)29(24-16-20(27)12-15-25(24)33-2)17-26(30)28-23-9-5-7-19-6-3-4-8-22(19)23/h3-4,6,8,10-16,23H,5,7,9,17H2,1-2H3,(H,28,30)/t23-/m1/s1. The molecule has 34 heavy (non-hydrogen) atoms. The van der Waals surface area contributed by atoms with Crippen LogP contribution in [0.4, 0.5) is 5.69 Å². The first-order chi connectivity index (χ1) is 16.3. The molecule has 1 amide bonds. The Bertz CT molecular complexity index is 1290. The summed E-state index contributed by atoms with van der Waals surface area (Å²) in [6.45, 7) is 1.47. The topological polar surface area (TPSA) is 75.7 Å². The van der Waals surface area contributed by atoms with Crippen LogP contribution in [0.3, 0.4) is 0 Å². The molecule has 178 valence electrons. The van der Waals surface area contributed by atoms with Crippen LogP contribution in [0.25, 0.3) is 0 Å². The van der Waals surface area contributed by atoms with Crippen LogP contribution in [-0.4, -0.2) is 28.0 Å². The number of anilines is 1. The number of amides is 1. The van der Waals surface area contributed by atoms with Crippen molar-refractivity contribution in [1.82, 2.24) is 5.32 Å². The molecule has 0 heterocycles. The predicted octanol–water partition coefficient (Wildman–Crippen LogP) is 5.05. The van der Waals surface area contributed by atoms with E-state index in [4.69, 9.17) is 16.3 Å². The largest absolute Gasteiger partial charge is 0.495 e. The van der Waals surface area contributed by atoms with E-state index < -0.39 is 22.5 Å². The number of hydrogen-bond donors (Lipinski definition) is 1. The first-order valence-electron chi connectivity index (χ1n) is 11.1. The summed E-state index contributed by atoms with van der Waals surface area (Å²) in [5.41, 5.74) is 3.42. The number of methoxy groups -OCH3 is 1. The Kier molecular flexibility index (Phi) is 7.14. The van der Waals surface area contributed by atoms with Crippen molar-refractivity contribution >= 4 is 33.2 Å². The maximum Gasteiger partial charge on any atom is 0.264 e. The lowest BCUT2D eigenvalue weighted by Gasteiger charge is -2.29. The van der Waals surface area contributed by atoms with Crippen molar-refractivity contribution in [2.24, 2.45) is 0 Å². The lowest BCUT2D eigenvalue weighted by atomic mass is 9.88. The second-order valence-electron chi connectivity index (χ2n) is 8.35. The van der Waals surface area contributed by atoms with Crippen molar-refractivity contribution in [1.29, 1.82) is 0 Å². The molecule has 1 aliphatic rings. The summed E-state index contributed by atoms with van der Waals surface area (Å²) in [6.07, 6.45) is 2.72. The molecule has 1 atom stereocenters. The number of halogens is 1. The number of carbonyl (C=O) groups excluding carboxylic acids is 1. The summed E-state index contributed by atoms with van der Waals surface area (Å²) in [5.74, 6) is -0.102. The van der Waals surface area contributed by atoms with Crippen LogP contribution < -0.4 is 14.4 Å². The first-order valence-corrected chi connectivity index (χ1v) is 12.9. The molecule has 3 aromatic carbocycles. The molecule has 0 radical (unpaired) electrons. The molecule has 8 heteroatoms. The minimum absolute atomic E-state index is 0.0796. The van der Waals surface area contributed by atoms with Gasteiger partial charge in [0.05, 0.1) is 23.7 Å². The van der Waals surface area contributed by atoms with Crippen LogP contribution in [0.1, 0.15) is 35.6 Å². The number of fused-ring (bicyclic) bond motifs is 1. The van der Waals surface area contributed by atoms with Gasteiger partial charge in [0.2, 0.25) is 5.91 Å². The van der Waals surface area contributed by atoms with E-state index in [1.54, 1.807) is 24.3 Å². The normalized spacial score (nSPS) is 15.3. The van der Waals surface area contributed by atoms with Crippen molar-refractivity contribution < 1.29 is 17.9 Å². The van der Waals surface area contributed by atoms with Crippen molar-refractivity contribution in [3.05, 3.63) is 88.4 Å². The van der Waals surface area contributed by atoms with Crippen LogP contribution in [-0.2, 0) is 21.2 Å². The number of hydrogen-bond acceptors (Lipinski definition) is 4. The fourth-order valence-corrected chi connectivity index (χ4v) is 5.86. The molecule has 3 aromatic rings. The molecule has 0 saturated carbocycles. The van der Waals surface area contributed by atoms with Crippen LogP contribution in [0.5, 0.6) is 5.75 Å². The average molecular weight is 499 g/mol. The summed E-state index contributed by atoms with van der Waals surface area (Å²) < 4.78 is 33.9. The summed E-state index contributed by atoms with van der Waals surface area (Å²) in [7, 11) is -2.64. The van der Waals surface area contributed by atoms with Gasteiger partial charge >= 0.3 is 0 Å². The van der Waals surface area contributed by atoms with Gasteiger partial charge in [-0.1, -0.05) is 53.6 Å². The van der Waals surface area contributed by atoms with Crippen LogP contribution in [0.15, 0.2) is 71.6 Å². The number of aryl methyl sites for hydroxylation is 2. The highest BCUT2D eigenvalue weighted by atomic mass is 35.5. The number of nitrogens with one attached hydrogen (secondary N) is 1. The molecule has 1 aliphatic carbocycles. The maximum absolute atomic E-state index is 13.7. The molecule has 0 unspecified atom stereocenters. The second-order valence-corrected chi connectivity index (χ2v) is 10.7. The molecule has 0 aliphatic heterocycles. The van der Waals surface area contributed by atoms with E-state index in [2.05, 4.69) is 11.4 Å². The molecule has 0 bridgehead atoms. The smallest absolute Gasteiger partial charge is 0.264 e. The van der Waals surface area contributed by atoms with E-state index in [1.807, 2.05) is 25.1 Å². The average Bonchev–Trinajstić information content (AvgIpc) is 2.83. The van der Waals surface area contributed by atoms with Gasteiger partial charge in [-0.2, -0.15) is 0 Å². The third-order valence-corrected chi connectivity index (χ3v) is 8.02. The SMILES string of the molecule is COc1ccc(Cl)cc1N(CC(=O)N[C@@H]1CCCc2ccccc21)S(=O)(=O)c1ccc(C)cc1. The minimum Gasteiger partial charge on any atom is -0.495 e. The first kappa shape index (κ1) is 24.1. The van der Waals surface area contributed by atoms with Crippen LogP contribution >= 0.6 is 11.6 Å². The predicted molar refractivity (Wildman–Crippen MR) is 134 cm³/mol. The highest BCUT2D eigenvalue weighted by molar-refractivity contribution is 7.92. The number of sulfonamides is 1. The van der Waals surface area contributed by atoms with Crippen molar-refractivity contribution in [3.8, 4) is 5.75 Å². The highest BCUT2D eigenvalue weighted by Crippen LogP contribution is 2.35. The Hall–Kier alpha value is -3.03. The Morgan fingerprint density at radius 2 is 1.85 bits per heavy atom. The second kappa shape index (κ2) is 10.1. The molecule has 0 aromatic heterocycles. The van der Waals surface area contributed by atoms with E-state index in [9.17, 15) is 13.2 Å². The van der Waals surface area contributed by atoms with Crippen LogP contribution in [0, 0.1) is 6.92 Å². The molecule has 1 N–H and O–H groups in total. The van der Waals surface area contributed by atoms with E-state index in [0.29, 0.717) is 10.8 Å². The summed E-state index contributed by atoms with van der Waals surface area (Å²) in [4.78, 5) is 13.3. The van der Waals surface area contributed by atoms with Gasteiger partial charge in [0.1, 0.15) is 12.3 Å². The lowest BCUT2D eigenvalue weighted by molar-refractivity contribution is -0.120. The molecule has 4 rings (SSSR count). The number of carbonyl (C=O) groups is 1. The van der Waals surface area contributed by atoms with Gasteiger partial charge in [-0.3, -0.25) is 9.10 Å². The van der Waals surface area contributed by atoms with Gasteiger partial charge in [-0.15, -0.1) is 0 Å². The quantitative estimate of drug-likeness (QED) is 0.494. The van der Waals surface area contributed by atoms with Crippen molar-refractivity contribution in [2.45, 2.75) is 37.1 Å². The van der Waals surface area contributed by atoms with Crippen LogP contribution in [0.2, 0.25) is 5.02 Å². The van der Waals surface area contributed by atoms with Crippen molar-refractivity contribution in [3.63, 3.8) is 0 Å². The van der Waals surface area contributed by atoms with Gasteiger partial charge in [0.25, 0.3) is 10.0 Å². The number of rotatable bonds is 7. The Morgan fingerprint density at radius 3 is 2.59 bits per heavy atom. The zero-order valence-corrected chi connectivity index (χ0v) is 20.7. The van der Waals surface area contributed by atoms with Gasteiger partial charge < -0.3 is 10.1 Å². The fraction of sp³-hybridized carbons (Fsp3) is 0.269. The van der Waals surface area contributed by atoms with E-state index in [0.717, 1.165) is 34.7 Å². The third kappa shape index (κ3) is 5.05. The third-order valence-electron chi connectivity index (χ3n) is 6.01. The summed E-state index contributed by atoms with van der Waals surface area (Å²) >= 11 is 6.21. The molecular weight excluding hydrogens is 472 g/mol. The molecule has 6 nitrogen and oxygen atoms in total. The van der Waals surface area contributed by atoms with Gasteiger partial charge in [0.15, 0.2) is 0 Å². The maximum atomic E-state index is 13.7. The minimum atomic E-state index is -4.08. The number of ether oxygens (including phenoxy) is 1. The molecule has 0 fully saturated rings. The van der Waals surface area contributed by atoms with E-state index in [1.165, 1.54) is 30.9 Å². The number of nitrogens with zero attached hydrogens (tertiary/aromatic N) is 1. The summed E-state index contributed by atoms with van der Waals surface area (Å²) in [5, 5.41) is 3.38. The Labute approximate surface area is 205 Å². The van der Waals surface area contributed by atoms with Crippen molar-refractivity contribution in [2.75, 3.05) is 18.0 Å². The molecule has 0 spiro atoms. The van der Waals surface area contributed by atoms with E-state index >= 15 is 0 Å². The molecule has 0 saturated heterocycles. The Balaban J connectivity index is 1.69. The Morgan fingerprint density at radius 1 is 1.12 bits per heavy atom.